The van der Waals surface area contributed by atoms with Gasteiger partial charge in [-0.3, -0.25) is 19.7 Å². The van der Waals surface area contributed by atoms with E-state index in [9.17, 15) is 14.4 Å². The average molecular weight is 278 g/mol. The fourth-order valence-corrected chi connectivity index (χ4v) is 2.68. The number of carbonyl (C=O) groups excluding carboxylic acids is 3. The van der Waals surface area contributed by atoms with E-state index >= 15 is 0 Å². The summed E-state index contributed by atoms with van der Waals surface area (Å²) in [6.45, 7) is 3.53. The first-order chi connectivity index (χ1) is 8.99. The van der Waals surface area contributed by atoms with Crippen molar-refractivity contribution < 1.29 is 14.4 Å². The maximum absolute atomic E-state index is 12.1. The molecule has 2 N–H and O–H groups in total. The van der Waals surface area contributed by atoms with Gasteiger partial charge < -0.3 is 5.32 Å². The third kappa shape index (κ3) is 2.96. The highest BCUT2D eigenvalue weighted by atomic mass is 32.2. The van der Waals surface area contributed by atoms with Crippen molar-refractivity contribution in [3.8, 4) is 0 Å². The second kappa shape index (κ2) is 5.44. The monoisotopic (exact) mass is 278 g/mol. The molecule has 100 valence electrons. The number of carbonyl (C=O) groups is 3. The van der Waals surface area contributed by atoms with Gasteiger partial charge in [0.2, 0.25) is 11.8 Å². The van der Waals surface area contributed by atoms with Crippen LogP contribution < -0.4 is 10.6 Å². The molecular weight excluding hydrogens is 264 g/mol. The highest BCUT2D eigenvalue weighted by molar-refractivity contribution is 8.15. The van der Waals surface area contributed by atoms with E-state index in [1.807, 2.05) is 25.1 Å². The van der Waals surface area contributed by atoms with Crippen LogP contribution in [0.4, 0.5) is 10.5 Å². The van der Waals surface area contributed by atoms with Gasteiger partial charge in [0.15, 0.2) is 0 Å². The van der Waals surface area contributed by atoms with Crippen molar-refractivity contribution in [1.29, 1.82) is 0 Å². The summed E-state index contributed by atoms with van der Waals surface area (Å²) in [5.74, 6) is -1.24. The summed E-state index contributed by atoms with van der Waals surface area (Å²) >= 11 is 0.864. The van der Waals surface area contributed by atoms with Gasteiger partial charge in [0.05, 0.1) is 5.92 Å². The number of amides is 3. The molecular formula is C13H14N2O3S. The Bertz CT molecular complexity index is 544. The number of imide groups is 1. The van der Waals surface area contributed by atoms with E-state index in [1.165, 1.54) is 0 Å². The second-order valence-electron chi connectivity index (χ2n) is 4.41. The second-order valence-corrected chi connectivity index (χ2v) is 5.52. The minimum atomic E-state index is -0.656. The highest BCUT2D eigenvalue weighted by Crippen LogP contribution is 2.27. The lowest BCUT2D eigenvalue weighted by Crippen LogP contribution is -2.35. The number of rotatable bonds is 3. The van der Waals surface area contributed by atoms with Crippen molar-refractivity contribution in [2.24, 2.45) is 5.92 Å². The lowest BCUT2D eigenvalue weighted by Gasteiger charge is -2.16. The Morgan fingerprint density at radius 1 is 1.37 bits per heavy atom. The summed E-state index contributed by atoms with van der Waals surface area (Å²) in [6.07, 6.45) is 0. The average Bonchev–Trinajstić information content (AvgIpc) is 2.70. The van der Waals surface area contributed by atoms with E-state index in [0.29, 0.717) is 5.69 Å². The van der Waals surface area contributed by atoms with Crippen LogP contribution in [0.15, 0.2) is 24.3 Å². The molecule has 1 heterocycles. The van der Waals surface area contributed by atoms with Crippen molar-refractivity contribution in [2.75, 3.05) is 5.32 Å². The summed E-state index contributed by atoms with van der Waals surface area (Å²) in [4.78, 5) is 34.7. The molecule has 1 aromatic carbocycles. The quantitative estimate of drug-likeness (QED) is 0.885. The summed E-state index contributed by atoms with van der Waals surface area (Å²) in [5.41, 5.74) is 1.66. The first-order valence-corrected chi connectivity index (χ1v) is 6.75. The van der Waals surface area contributed by atoms with Crippen molar-refractivity contribution in [3.63, 3.8) is 0 Å². The summed E-state index contributed by atoms with van der Waals surface area (Å²) < 4.78 is 0. The number of nitrogens with one attached hydrogen (secondary N) is 2. The van der Waals surface area contributed by atoms with Crippen LogP contribution in [-0.2, 0) is 9.59 Å². The molecule has 1 saturated heterocycles. The van der Waals surface area contributed by atoms with Gasteiger partial charge >= 0.3 is 0 Å². The minimum Gasteiger partial charge on any atom is -0.326 e. The normalized spacial score (nSPS) is 20.0. The zero-order valence-corrected chi connectivity index (χ0v) is 11.4. The number of anilines is 1. The molecule has 0 spiro atoms. The molecule has 0 bridgehead atoms. The van der Waals surface area contributed by atoms with Crippen LogP contribution in [0, 0.1) is 12.8 Å². The van der Waals surface area contributed by atoms with Crippen LogP contribution in [0.25, 0.3) is 0 Å². The first kappa shape index (κ1) is 13.6. The van der Waals surface area contributed by atoms with Gasteiger partial charge in [0.25, 0.3) is 5.24 Å². The number of para-hydroxylation sites is 1. The van der Waals surface area contributed by atoms with Gasteiger partial charge in [-0.2, -0.15) is 0 Å². The molecule has 3 amide bonds. The molecule has 0 saturated carbocycles. The molecule has 2 rings (SSSR count). The lowest BCUT2D eigenvalue weighted by atomic mass is 10.1. The Kier molecular flexibility index (Phi) is 3.90. The van der Waals surface area contributed by atoms with Crippen LogP contribution in [0.3, 0.4) is 0 Å². The van der Waals surface area contributed by atoms with E-state index in [1.54, 1.807) is 13.0 Å². The lowest BCUT2D eigenvalue weighted by molar-refractivity contribution is -0.125. The Morgan fingerprint density at radius 3 is 2.63 bits per heavy atom. The van der Waals surface area contributed by atoms with E-state index < -0.39 is 22.3 Å². The predicted molar refractivity (Wildman–Crippen MR) is 73.9 cm³/mol. The topological polar surface area (TPSA) is 75.3 Å². The number of thioether (sulfide) groups is 1. The molecule has 19 heavy (non-hydrogen) atoms. The largest absolute Gasteiger partial charge is 0.326 e. The molecule has 0 aromatic heterocycles. The zero-order chi connectivity index (χ0) is 14.0. The van der Waals surface area contributed by atoms with Crippen molar-refractivity contribution in [1.82, 2.24) is 5.32 Å². The van der Waals surface area contributed by atoms with Crippen LogP contribution in [0.1, 0.15) is 12.5 Å². The summed E-state index contributed by atoms with van der Waals surface area (Å²) in [6, 6.07) is 7.40. The number of hydrogen-bond acceptors (Lipinski definition) is 4. The van der Waals surface area contributed by atoms with E-state index in [2.05, 4.69) is 10.6 Å². The molecule has 0 aliphatic carbocycles. The first-order valence-electron chi connectivity index (χ1n) is 5.87. The van der Waals surface area contributed by atoms with Gasteiger partial charge in [0, 0.05) is 5.69 Å². The number of benzene rings is 1. The molecule has 0 radical (unpaired) electrons. The van der Waals surface area contributed by atoms with E-state index in [0.717, 1.165) is 17.3 Å². The minimum absolute atomic E-state index is 0.267. The summed E-state index contributed by atoms with van der Waals surface area (Å²) in [5, 5.41) is 3.91. The smallest absolute Gasteiger partial charge is 0.286 e. The fourth-order valence-electron chi connectivity index (χ4n) is 1.80. The SMILES string of the molecule is Cc1ccccc1NC(=O)C(C)C1SC(=O)NC1=O. The predicted octanol–water partition coefficient (Wildman–Crippen LogP) is 1.92. The Morgan fingerprint density at radius 2 is 2.05 bits per heavy atom. The third-order valence-electron chi connectivity index (χ3n) is 2.99. The van der Waals surface area contributed by atoms with Crippen molar-refractivity contribution in [2.45, 2.75) is 19.1 Å². The molecule has 1 aliphatic rings. The Hall–Kier alpha value is -1.82. The molecule has 2 unspecified atom stereocenters. The van der Waals surface area contributed by atoms with E-state index in [4.69, 9.17) is 0 Å². The van der Waals surface area contributed by atoms with Crippen LogP contribution in [0.5, 0.6) is 0 Å². The molecule has 1 aromatic rings. The van der Waals surface area contributed by atoms with Gasteiger partial charge in [-0.05, 0) is 18.6 Å². The maximum Gasteiger partial charge on any atom is 0.286 e. The standard InChI is InChI=1S/C13H14N2O3S/c1-7-5-3-4-6-9(7)14-11(16)8(2)10-12(17)15-13(18)19-10/h3-6,8,10H,1-2H3,(H,14,16)(H,15,17,18). The van der Waals surface area contributed by atoms with Crippen molar-refractivity contribution >= 4 is 34.5 Å². The number of hydrogen-bond donors (Lipinski definition) is 2. The Balaban J connectivity index is 2.06. The molecule has 5 nitrogen and oxygen atoms in total. The van der Waals surface area contributed by atoms with Crippen LogP contribution >= 0.6 is 11.8 Å². The zero-order valence-electron chi connectivity index (χ0n) is 10.6. The van der Waals surface area contributed by atoms with Crippen LogP contribution in [-0.4, -0.2) is 22.3 Å². The van der Waals surface area contributed by atoms with E-state index in [-0.39, 0.29) is 5.91 Å². The van der Waals surface area contributed by atoms with Gasteiger partial charge in [-0.25, -0.2) is 0 Å². The molecule has 6 heteroatoms. The third-order valence-corrected chi connectivity index (χ3v) is 4.18. The van der Waals surface area contributed by atoms with Gasteiger partial charge in [-0.15, -0.1) is 0 Å². The molecule has 1 aliphatic heterocycles. The van der Waals surface area contributed by atoms with Gasteiger partial charge in [0.1, 0.15) is 5.25 Å². The Labute approximate surface area is 115 Å². The molecule has 1 fully saturated rings. The van der Waals surface area contributed by atoms with Crippen molar-refractivity contribution in [3.05, 3.63) is 29.8 Å². The highest BCUT2D eigenvalue weighted by Gasteiger charge is 2.38. The number of aryl methyl sites for hydroxylation is 1. The molecule has 2 atom stereocenters. The summed E-state index contributed by atoms with van der Waals surface area (Å²) in [7, 11) is 0. The van der Waals surface area contributed by atoms with Crippen LogP contribution in [0.2, 0.25) is 0 Å². The fraction of sp³-hybridized carbons (Fsp3) is 0.308. The van der Waals surface area contributed by atoms with Gasteiger partial charge in [-0.1, -0.05) is 36.9 Å². The maximum atomic E-state index is 12.1.